The fourth-order valence-electron chi connectivity index (χ4n) is 2.33. The Balaban J connectivity index is 1.81. The number of carbonyl (C=O) groups is 1. The first-order valence-corrected chi connectivity index (χ1v) is 6.81. The first kappa shape index (κ1) is 13.9. The molecule has 106 valence electrons. The molecule has 1 aliphatic heterocycles. The van der Waals surface area contributed by atoms with Gasteiger partial charge in [-0.25, -0.2) is 0 Å². The monoisotopic (exact) mass is 266 g/mol. The molecule has 19 heavy (non-hydrogen) atoms. The number of hydrogen-bond donors (Lipinski definition) is 1. The second-order valence-electron chi connectivity index (χ2n) is 5.50. The van der Waals surface area contributed by atoms with Crippen molar-refractivity contribution in [3.63, 3.8) is 0 Å². The van der Waals surface area contributed by atoms with Crippen molar-refractivity contribution < 1.29 is 4.79 Å². The third-order valence-corrected chi connectivity index (χ3v) is 3.87. The molecule has 0 radical (unpaired) electrons. The lowest BCUT2D eigenvalue weighted by Gasteiger charge is -2.34. The molecule has 1 aliphatic rings. The number of H-pyrrole nitrogens is 1. The smallest absolute Gasteiger partial charge is 0.295 e. The largest absolute Gasteiger partial charge is 0.336 e. The van der Waals surface area contributed by atoms with Crippen LogP contribution in [-0.2, 0) is 0 Å². The lowest BCUT2D eigenvalue weighted by atomic mass is 9.96. The van der Waals surface area contributed by atoms with E-state index in [1.165, 1.54) is 0 Å². The molecule has 0 aliphatic carbocycles. The summed E-state index contributed by atoms with van der Waals surface area (Å²) >= 11 is 0. The summed E-state index contributed by atoms with van der Waals surface area (Å²) in [6.07, 6.45) is 2.08. The number of hydrogen-bond acceptors (Lipinski definition) is 5. The van der Waals surface area contributed by atoms with Crippen molar-refractivity contribution in [1.82, 2.24) is 30.4 Å². The molecule has 0 aromatic carbocycles. The highest BCUT2D eigenvalue weighted by Crippen LogP contribution is 2.19. The summed E-state index contributed by atoms with van der Waals surface area (Å²) in [6, 6.07) is 0.569. The van der Waals surface area contributed by atoms with Gasteiger partial charge in [-0.15, -0.1) is 10.2 Å². The number of carbonyl (C=O) groups excluding carboxylic acids is 1. The third kappa shape index (κ3) is 3.50. The fourth-order valence-corrected chi connectivity index (χ4v) is 2.33. The number of rotatable bonds is 4. The van der Waals surface area contributed by atoms with E-state index in [0.29, 0.717) is 12.0 Å². The number of tetrazole rings is 1. The van der Waals surface area contributed by atoms with Gasteiger partial charge in [0.25, 0.3) is 11.7 Å². The Bertz CT molecular complexity index is 396. The van der Waals surface area contributed by atoms with Gasteiger partial charge >= 0.3 is 0 Å². The van der Waals surface area contributed by atoms with E-state index in [0.717, 1.165) is 32.5 Å². The molecule has 0 unspecified atom stereocenters. The number of aromatic nitrogens is 4. The van der Waals surface area contributed by atoms with Gasteiger partial charge in [0.15, 0.2) is 0 Å². The van der Waals surface area contributed by atoms with E-state index in [1.807, 2.05) is 4.90 Å². The van der Waals surface area contributed by atoms with E-state index in [-0.39, 0.29) is 11.7 Å². The molecule has 1 aromatic rings. The molecular formula is C12H22N6O. The summed E-state index contributed by atoms with van der Waals surface area (Å²) in [4.78, 5) is 16.2. The Hall–Kier alpha value is -1.50. The molecule has 1 aromatic heterocycles. The number of piperidine rings is 1. The zero-order valence-electron chi connectivity index (χ0n) is 11.8. The van der Waals surface area contributed by atoms with Gasteiger partial charge in [-0.3, -0.25) is 4.79 Å². The number of likely N-dealkylation sites (tertiary alicyclic amines) is 1. The summed E-state index contributed by atoms with van der Waals surface area (Å²) in [5.74, 6) is 0.712. The van der Waals surface area contributed by atoms with Crippen LogP contribution in [0.4, 0.5) is 0 Å². The van der Waals surface area contributed by atoms with Gasteiger partial charge in [0.2, 0.25) is 0 Å². The van der Waals surface area contributed by atoms with E-state index in [4.69, 9.17) is 0 Å². The van der Waals surface area contributed by atoms with Gasteiger partial charge in [0, 0.05) is 25.7 Å². The van der Waals surface area contributed by atoms with E-state index >= 15 is 0 Å². The van der Waals surface area contributed by atoms with E-state index in [1.54, 1.807) is 0 Å². The van der Waals surface area contributed by atoms with Crippen LogP contribution in [0.1, 0.15) is 37.3 Å². The van der Waals surface area contributed by atoms with Crippen molar-refractivity contribution in [3.05, 3.63) is 5.82 Å². The van der Waals surface area contributed by atoms with Gasteiger partial charge in [0.1, 0.15) is 0 Å². The average molecular weight is 266 g/mol. The van der Waals surface area contributed by atoms with Crippen LogP contribution in [0.25, 0.3) is 0 Å². The molecular weight excluding hydrogens is 244 g/mol. The molecule has 0 spiro atoms. The molecule has 2 rings (SSSR count). The van der Waals surface area contributed by atoms with Crippen molar-refractivity contribution in [2.75, 3.05) is 26.7 Å². The van der Waals surface area contributed by atoms with Crippen LogP contribution in [0.2, 0.25) is 0 Å². The third-order valence-electron chi connectivity index (χ3n) is 3.87. The molecule has 1 N–H and O–H groups in total. The zero-order valence-corrected chi connectivity index (χ0v) is 11.8. The van der Waals surface area contributed by atoms with Crippen LogP contribution in [0.5, 0.6) is 0 Å². The molecule has 1 amide bonds. The second kappa shape index (κ2) is 6.10. The molecule has 1 saturated heterocycles. The lowest BCUT2D eigenvalue weighted by Crippen LogP contribution is -2.42. The Morgan fingerprint density at radius 3 is 2.68 bits per heavy atom. The van der Waals surface area contributed by atoms with Crippen molar-refractivity contribution in [1.29, 1.82) is 0 Å². The highest BCUT2D eigenvalue weighted by Gasteiger charge is 2.26. The number of amides is 1. The molecule has 7 heteroatoms. The summed E-state index contributed by atoms with van der Waals surface area (Å²) in [7, 11) is 2.15. The van der Waals surface area contributed by atoms with E-state index < -0.39 is 0 Å². The predicted octanol–water partition coefficient (Wildman–Crippen LogP) is 0.392. The normalized spacial score (nSPS) is 17.4. The topological polar surface area (TPSA) is 78.0 Å². The number of nitrogens with zero attached hydrogens (tertiary/aromatic N) is 5. The maximum atomic E-state index is 12.0. The summed E-state index contributed by atoms with van der Waals surface area (Å²) < 4.78 is 0. The SMILES string of the molecule is CC(C)N(C)CC1CCN(C(=O)c2nn[nH]n2)CC1. The van der Waals surface area contributed by atoms with E-state index in [9.17, 15) is 4.79 Å². The van der Waals surface area contributed by atoms with Crippen molar-refractivity contribution in [2.45, 2.75) is 32.7 Å². The molecule has 7 nitrogen and oxygen atoms in total. The first-order chi connectivity index (χ1) is 9.08. The standard InChI is InChI=1S/C12H22N6O/c1-9(2)17(3)8-10-4-6-18(7-5-10)12(19)11-13-15-16-14-11/h9-10H,4-8H2,1-3H3,(H,13,14,15,16). The Kier molecular flexibility index (Phi) is 4.47. The molecule has 0 atom stereocenters. The maximum Gasteiger partial charge on any atom is 0.295 e. The minimum Gasteiger partial charge on any atom is -0.336 e. The highest BCUT2D eigenvalue weighted by atomic mass is 16.2. The lowest BCUT2D eigenvalue weighted by molar-refractivity contribution is 0.0654. The fraction of sp³-hybridized carbons (Fsp3) is 0.833. The highest BCUT2D eigenvalue weighted by molar-refractivity contribution is 5.90. The second-order valence-corrected chi connectivity index (χ2v) is 5.50. The van der Waals surface area contributed by atoms with Crippen molar-refractivity contribution in [2.24, 2.45) is 5.92 Å². The van der Waals surface area contributed by atoms with Gasteiger partial charge in [-0.05, 0) is 44.9 Å². The minimum absolute atomic E-state index is 0.121. The minimum atomic E-state index is -0.121. The molecule has 0 saturated carbocycles. The Morgan fingerprint density at radius 1 is 1.47 bits per heavy atom. The summed E-state index contributed by atoms with van der Waals surface area (Å²) in [6.45, 7) is 7.07. The van der Waals surface area contributed by atoms with Gasteiger partial charge in [-0.2, -0.15) is 5.21 Å². The van der Waals surface area contributed by atoms with Crippen LogP contribution in [0, 0.1) is 5.92 Å². The first-order valence-electron chi connectivity index (χ1n) is 6.81. The summed E-state index contributed by atoms with van der Waals surface area (Å²) in [5, 5.41) is 13.2. The molecule has 1 fully saturated rings. The number of nitrogens with one attached hydrogen (secondary N) is 1. The van der Waals surface area contributed by atoms with Crippen LogP contribution < -0.4 is 0 Å². The molecule has 0 bridgehead atoms. The van der Waals surface area contributed by atoms with Crippen LogP contribution in [0.15, 0.2) is 0 Å². The Morgan fingerprint density at radius 2 is 2.16 bits per heavy atom. The van der Waals surface area contributed by atoms with Gasteiger partial charge < -0.3 is 9.80 Å². The van der Waals surface area contributed by atoms with E-state index in [2.05, 4.69) is 46.4 Å². The average Bonchev–Trinajstić information content (AvgIpc) is 2.92. The van der Waals surface area contributed by atoms with Crippen LogP contribution >= 0.6 is 0 Å². The van der Waals surface area contributed by atoms with Crippen molar-refractivity contribution in [3.8, 4) is 0 Å². The van der Waals surface area contributed by atoms with Crippen LogP contribution in [0.3, 0.4) is 0 Å². The van der Waals surface area contributed by atoms with Crippen molar-refractivity contribution >= 4 is 5.91 Å². The predicted molar refractivity (Wildman–Crippen MR) is 70.6 cm³/mol. The van der Waals surface area contributed by atoms with Gasteiger partial charge in [-0.1, -0.05) is 0 Å². The quantitative estimate of drug-likeness (QED) is 0.853. The zero-order chi connectivity index (χ0) is 13.8. The summed E-state index contributed by atoms with van der Waals surface area (Å²) in [5.41, 5.74) is 0. The Labute approximate surface area is 113 Å². The maximum absolute atomic E-state index is 12.0. The number of aromatic amines is 1. The van der Waals surface area contributed by atoms with Gasteiger partial charge in [0.05, 0.1) is 0 Å². The van der Waals surface area contributed by atoms with Crippen LogP contribution in [-0.4, -0.2) is 69.1 Å². The molecule has 2 heterocycles.